The van der Waals surface area contributed by atoms with Crippen molar-refractivity contribution in [1.29, 1.82) is 0 Å². The van der Waals surface area contributed by atoms with Crippen LogP contribution in [0.5, 0.6) is 0 Å². The Bertz CT molecular complexity index is 440. The van der Waals surface area contributed by atoms with Gasteiger partial charge >= 0.3 is 0 Å². The average Bonchev–Trinajstić information content (AvgIpc) is 2.74. The minimum absolute atomic E-state index is 0.531. The van der Waals surface area contributed by atoms with E-state index in [1.165, 1.54) is 15.4 Å². The van der Waals surface area contributed by atoms with E-state index in [-0.39, 0.29) is 0 Å². The van der Waals surface area contributed by atoms with E-state index in [0.717, 1.165) is 0 Å². The van der Waals surface area contributed by atoms with Gasteiger partial charge in [0.1, 0.15) is 0 Å². The van der Waals surface area contributed by atoms with Gasteiger partial charge in [0.05, 0.1) is 4.58 Å². The summed E-state index contributed by atoms with van der Waals surface area (Å²) in [7, 11) is 0. The molecule has 0 atom stereocenters. The summed E-state index contributed by atoms with van der Waals surface area (Å²) < 4.78 is 0.531. The normalized spacial score (nSPS) is 15.2. The van der Waals surface area contributed by atoms with Gasteiger partial charge in [-0.05, 0) is 17.7 Å². The molecule has 0 radical (unpaired) electrons. The quantitative estimate of drug-likeness (QED) is 0.703. The lowest BCUT2D eigenvalue weighted by molar-refractivity contribution is 1.27. The van der Waals surface area contributed by atoms with E-state index >= 15 is 0 Å². The maximum atomic E-state index is 2.20. The van der Waals surface area contributed by atoms with Crippen LogP contribution in [0.3, 0.4) is 0 Å². The Morgan fingerprint density at radius 3 is 1.80 bits per heavy atom. The van der Waals surface area contributed by atoms with Gasteiger partial charge in [-0.2, -0.15) is 0 Å². The topological polar surface area (TPSA) is 0 Å². The first-order chi connectivity index (χ1) is 7.43. The summed E-state index contributed by atoms with van der Waals surface area (Å²) in [5.74, 6) is 0. The molecule has 0 bridgehead atoms. The second-order valence-electron chi connectivity index (χ2n) is 3.43. The summed E-state index contributed by atoms with van der Waals surface area (Å²) in [6.07, 6.45) is 0. The van der Waals surface area contributed by atoms with Crippen molar-refractivity contribution < 1.29 is 0 Å². The smallest absolute Gasteiger partial charge is 0.0846 e. The first kappa shape index (κ1) is 9.37. The lowest BCUT2D eigenvalue weighted by Gasteiger charge is -2.06. The van der Waals surface area contributed by atoms with Crippen LogP contribution in [0.15, 0.2) is 64.4 Å². The molecular weight excluding hydrogens is 220 g/mol. The minimum atomic E-state index is 0.531. The Balaban J connectivity index is 1.91. The van der Waals surface area contributed by atoms with Gasteiger partial charge < -0.3 is 0 Å². The molecule has 2 aromatic rings. The van der Waals surface area contributed by atoms with Crippen molar-refractivity contribution in [1.82, 2.24) is 0 Å². The fraction of sp³-hybridized carbons (Fsp3) is 0.0769. The van der Waals surface area contributed by atoms with Crippen LogP contribution < -0.4 is 0 Å². The highest BCUT2D eigenvalue weighted by Crippen LogP contribution is 2.56. The Labute approximate surface area is 98.1 Å². The van der Waals surface area contributed by atoms with Crippen LogP contribution >= 0.6 is 23.5 Å². The van der Waals surface area contributed by atoms with Crippen molar-refractivity contribution in [2.75, 3.05) is 0 Å². The molecule has 1 aliphatic heterocycles. The number of hydrogen-bond donors (Lipinski definition) is 0. The lowest BCUT2D eigenvalue weighted by atomic mass is 10.2. The second-order valence-corrected chi connectivity index (χ2v) is 6.02. The number of benzene rings is 2. The fourth-order valence-corrected chi connectivity index (χ4v) is 4.48. The van der Waals surface area contributed by atoms with E-state index in [1.807, 2.05) is 23.5 Å². The molecule has 0 N–H and O–H groups in total. The third-order valence-electron chi connectivity index (χ3n) is 2.39. The molecule has 0 fully saturated rings. The van der Waals surface area contributed by atoms with Gasteiger partial charge in [0, 0.05) is 9.79 Å². The van der Waals surface area contributed by atoms with Crippen molar-refractivity contribution in [3.63, 3.8) is 0 Å². The summed E-state index contributed by atoms with van der Waals surface area (Å²) in [4.78, 5) is 2.83. The first-order valence-corrected chi connectivity index (χ1v) is 6.67. The fourth-order valence-electron chi connectivity index (χ4n) is 1.65. The van der Waals surface area contributed by atoms with Crippen molar-refractivity contribution in [2.45, 2.75) is 14.4 Å². The molecule has 15 heavy (non-hydrogen) atoms. The van der Waals surface area contributed by atoms with E-state index in [2.05, 4.69) is 54.6 Å². The van der Waals surface area contributed by atoms with Gasteiger partial charge in [0.15, 0.2) is 0 Å². The predicted molar refractivity (Wildman–Crippen MR) is 67.3 cm³/mol. The maximum Gasteiger partial charge on any atom is 0.0846 e. The van der Waals surface area contributed by atoms with Crippen molar-refractivity contribution in [3.8, 4) is 0 Å². The van der Waals surface area contributed by atoms with Gasteiger partial charge in [0.2, 0.25) is 0 Å². The molecule has 2 aromatic carbocycles. The largest absolute Gasteiger partial charge is 0.105 e. The molecular formula is C13H10S2. The van der Waals surface area contributed by atoms with Crippen molar-refractivity contribution in [2.24, 2.45) is 0 Å². The third-order valence-corrected chi connectivity index (χ3v) is 5.29. The standard InChI is InChI=1S/C13H10S2/c1-2-6-10(7-3-1)13-14-11-8-4-5-9-12(11)15-13/h1-9,13H. The van der Waals surface area contributed by atoms with E-state index in [4.69, 9.17) is 0 Å². The summed E-state index contributed by atoms with van der Waals surface area (Å²) in [6.45, 7) is 0. The Kier molecular flexibility index (Phi) is 2.47. The van der Waals surface area contributed by atoms with Crippen LogP contribution in [0.25, 0.3) is 0 Å². The molecule has 0 spiro atoms. The summed E-state index contributed by atoms with van der Waals surface area (Å²) >= 11 is 3.90. The Morgan fingerprint density at radius 1 is 0.667 bits per heavy atom. The van der Waals surface area contributed by atoms with Gasteiger partial charge in [-0.15, -0.1) is 23.5 Å². The first-order valence-electron chi connectivity index (χ1n) is 4.91. The summed E-state index contributed by atoms with van der Waals surface area (Å²) in [5.41, 5.74) is 1.41. The zero-order valence-electron chi connectivity index (χ0n) is 8.09. The highest BCUT2D eigenvalue weighted by molar-refractivity contribution is 8.18. The van der Waals surface area contributed by atoms with Crippen molar-refractivity contribution >= 4 is 23.5 Å². The highest BCUT2D eigenvalue weighted by Gasteiger charge is 2.23. The average molecular weight is 230 g/mol. The monoisotopic (exact) mass is 230 g/mol. The summed E-state index contributed by atoms with van der Waals surface area (Å²) in [6, 6.07) is 19.3. The molecule has 1 aliphatic rings. The van der Waals surface area contributed by atoms with Gasteiger partial charge in [0.25, 0.3) is 0 Å². The van der Waals surface area contributed by atoms with Crippen LogP contribution in [0.2, 0.25) is 0 Å². The zero-order chi connectivity index (χ0) is 10.1. The van der Waals surface area contributed by atoms with Crippen LogP contribution in [0.1, 0.15) is 10.1 Å². The number of thioether (sulfide) groups is 2. The predicted octanol–water partition coefficient (Wildman–Crippen LogP) is 4.58. The van der Waals surface area contributed by atoms with Gasteiger partial charge in [-0.1, -0.05) is 42.5 Å². The van der Waals surface area contributed by atoms with Gasteiger partial charge in [-0.25, -0.2) is 0 Å². The van der Waals surface area contributed by atoms with E-state index in [9.17, 15) is 0 Å². The molecule has 0 aromatic heterocycles. The van der Waals surface area contributed by atoms with Gasteiger partial charge in [-0.3, -0.25) is 0 Å². The molecule has 0 saturated carbocycles. The molecule has 0 unspecified atom stereocenters. The number of hydrogen-bond acceptors (Lipinski definition) is 2. The Morgan fingerprint density at radius 2 is 1.20 bits per heavy atom. The minimum Gasteiger partial charge on any atom is -0.105 e. The SMILES string of the molecule is c1ccc(C2Sc3ccccc3S2)cc1. The molecule has 0 amide bonds. The molecule has 74 valence electrons. The molecule has 2 heteroatoms. The zero-order valence-corrected chi connectivity index (χ0v) is 9.72. The molecule has 3 rings (SSSR count). The maximum absolute atomic E-state index is 2.20. The van der Waals surface area contributed by atoms with E-state index in [0.29, 0.717) is 4.58 Å². The van der Waals surface area contributed by atoms with Crippen LogP contribution in [-0.2, 0) is 0 Å². The third kappa shape index (κ3) is 1.80. The highest BCUT2D eigenvalue weighted by atomic mass is 32.2. The van der Waals surface area contributed by atoms with Crippen LogP contribution in [-0.4, -0.2) is 0 Å². The lowest BCUT2D eigenvalue weighted by Crippen LogP contribution is -1.82. The van der Waals surface area contributed by atoms with Crippen molar-refractivity contribution in [3.05, 3.63) is 60.2 Å². The Hall–Kier alpha value is -0.860. The second kappa shape index (κ2) is 3.95. The molecule has 0 nitrogen and oxygen atoms in total. The number of fused-ring (bicyclic) bond motifs is 1. The van der Waals surface area contributed by atoms with E-state index < -0.39 is 0 Å². The van der Waals surface area contributed by atoms with Crippen LogP contribution in [0.4, 0.5) is 0 Å². The van der Waals surface area contributed by atoms with E-state index in [1.54, 1.807) is 0 Å². The van der Waals surface area contributed by atoms with Crippen LogP contribution in [0, 0.1) is 0 Å². The molecule has 0 saturated heterocycles. The molecule has 0 aliphatic carbocycles. The molecule has 1 heterocycles. The summed E-state index contributed by atoms with van der Waals surface area (Å²) in [5, 5.41) is 0. The number of rotatable bonds is 1.